The van der Waals surface area contributed by atoms with E-state index < -0.39 is 0 Å². The number of amides is 1. The van der Waals surface area contributed by atoms with Gasteiger partial charge in [0, 0.05) is 30.6 Å². The molecule has 1 aliphatic rings. The number of carbonyl (C=O) groups is 1. The summed E-state index contributed by atoms with van der Waals surface area (Å²) >= 11 is 0. The number of hydrogen-bond donors (Lipinski definition) is 1. The number of aromatic nitrogens is 5. The van der Waals surface area contributed by atoms with E-state index in [1.807, 2.05) is 24.8 Å². The van der Waals surface area contributed by atoms with Gasteiger partial charge in [-0.15, -0.1) is 0 Å². The van der Waals surface area contributed by atoms with Gasteiger partial charge in [0.2, 0.25) is 5.91 Å². The number of rotatable bonds is 3. The van der Waals surface area contributed by atoms with Gasteiger partial charge < -0.3 is 4.90 Å². The molecule has 1 aliphatic heterocycles. The van der Waals surface area contributed by atoms with Crippen molar-refractivity contribution in [2.24, 2.45) is 0 Å². The summed E-state index contributed by atoms with van der Waals surface area (Å²) in [6, 6.07) is 5.09. The van der Waals surface area contributed by atoms with Gasteiger partial charge in [0.1, 0.15) is 6.54 Å². The zero-order chi connectivity index (χ0) is 18.3. The zero-order valence-corrected chi connectivity index (χ0v) is 15.0. The first-order chi connectivity index (χ1) is 12.5. The zero-order valence-electron chi connectivity index (χ0n) is 15.0. The Morgan fingerprint density at radius 1 is 1.31 bits per heavy atom. The third kappa shape index (κ3) is 2.91. The van der Waals surface area contributed by atoms with Crippen molar-refractivity contribution < 1.29 is 4.79 Å². The fraction of sp³-hybridized carbons (Fsp3) is 0.444. The Bertz CT molecular complexity index is 1010. The molecule has 1 amide bonds. The minimum Gasteiger partial charge on any atom is -0.332 e. The Hall–Kier alpha value is -2.90. The van der Waals surface area contributed by atoms with Crippen molar-refractivity contribution in [1.29, 1.82) is 0 Å². The lowest BCUT2D eigenvalue weighted by Gasteiger charge is -2.35. The van der Waals surface area contributed by atoms with Crippen LogP contribution in [-0.4, -0.2) is 41.7 Å². The van der Waals surface area contributed by atoms with E-state index in [2.05, 4.69) is 15.2 Å². The second-order valence-corrected chi connectivity index (χ2v) is 6.86. The van der Waals surface area contributed by atoms with Crippen LogP contribution in [0.3, 0.4) is 0 Å². The maximum atomic E-state index is 13.0. The minimum absolute atomic E-state index is 0.0111. The minimum atomic E-state index is -0.166. The second-order valence-electron chi connectivity index (χ2n) is 6.86. The average Bonchev–Trinajstić information content (AvgIpc) is 3.21. The standard InChI is InChI=1S/C18H22N6O2/c1-12-9-13(2)23(21-12)11-18(26)22-8-4-3-5-15(22)14-10-17(25)24-16(20-14)6-7-19-24/h6-7,9-10,15,19H,3-5,8,11H2,1-2H3/t15-/m0/s1. The molecule has 4 heterocycles. The molecule has 3 aromatic rings. The Kier molecular flexibility index (Phi) is 4.10. The molecule has 0 spiro atoms. The number of hydrogen-bond acceptors (Lipinski definition) is 4. The van der Waals surface area contributed by atoms with E-state index in [9.17, 15) is 9.59 Å². The van der Waals surface area contributed by atoms with E-state index in [0.717, 1.165) is 30.7 Å². The fourth-order valence-corrected chi connectivity index (χ4v) is 3.71. The first kappa shape index (κ1) is 16.6. The number of nitrogens with one attached hydrogen (secondary N) is 1. The molecule has 1 N–H and O–H groups in total. The second kappa shape index (κ2) is 6.44. The largest absolute Gasteiger partial charge is 0.332 e. The molecule has 0 aromatic carbocycles. The number of piperidine rings is 1. The molecule has 0 aliphatic carbocycles. The molecule has 0 radical (unpaired) electrons. The summed E-state index contributed by atoms with van der Waals surface area (Å²) in [4.78, 5) is 31.7. The van der Waals surface area contributed by atoms with Gasteiger partial charge in [-0.25, -0.2) is 9.50 Å². The number of nitrogens with zero attached hydrogens (tertiary/aromatic N) is 5. The van der Waals surface area contributed by atoms with Gasteiger partial charge in [-0.2, -0.15) is 5.10 Å². The van der Waals surface area contributed by atoms with Crippen LogP contribution in [0.25, 0.3) is 5.65 Å². The summed E-state index contributed by atoms with van der Waals surface area (Å²) in [6.45, 7) is 4.75. The van der Waals surface area contributed by atoms with Crippen molar-refractivity contribution in [1.82, 2.24) is 29.3 Å². The fourth-order valence-electron chi connectivity index (χ4n) is 3.71. The van der Waals surface area contributed by atoms with Gasteiger partial charge in [0.25, 0.3) is 5.56 Å². The Balaban J connectivity index is 1.64. The highest BCUT2D eigenvalue weighted by Gasteiger charge is 2.30. The molecule has 136 valence electrons. The highest BCUT2D eigenvalue weighted by molar-refractivity contribution is 5.76. The maximum absolute atomic E-state index is 13.0. The number of aryl methyl sites for hydroxylation is 2. The van der Waals surface area contributed by atoms with E-state index in [0.29, 0.717) is 17.9 Å². The van der Waals surface area contributed by atoms with Crippen molar-refractivity contribution in [3.63, 3.8) is 0 Å². The van der Waals surface area contributed by atoms with Crippen LogP contribution in [0.2, 0.25) is 0 Å². The molecule has 3 aromatic heterocycles. The van der Waals surface area contributed by atoms with Crippen molar-refractivity contribution in [3.05, 3.63) is 51.8 Å². The van der Waals surface area contributed by atoms with Crippen LogP contribution in [0.5, 0.6) is 0 Å². The van der Waals surface area contributed by atoms with Gasteiger partial charge in [0.05, 0.1) is 17.4 Å². The van der Waals surface area contributed by atoms with Gasteiger partial charge in [-0.1, -0.05) is 0 Å². The maximum Gasteiger partial charge on any atom is 0.272 e. The van der Waals surface area contributed by atoms with Crippen molar-refractivity contribution in [3.8, 4) is 0 Å². The molecule has 8 heteroatoms. The quantitative estimate of drug-likeness (QED) is 0.774. The molecule has 8 nitrogen and oxygen atoms in total. The Morgan fingerprint density at radius 2 is 2.15 bits per heavy atom. The van der Waals surface area contributed by atoms with Crippen molar-refractivity contribution in [2.75, 3.05) is 6.54 Å². The summed E-state index contributed by atoms with van der Waals surface area (Å²) in [7, 11) is 0. The third-order valence-electron chi connectivity index (χ3n) is 4.95. The summed E-state index contributed by atoms with van der Waals surface area (Å²) in [6.07, 6.45) is 4.48. The first-order valence-corrected chi connectivity index (χ1v) is 8.90. The molecule has 0 unspecified atom stereocenters. The number of likely N-dealkylation sites (tertiary alicyclic amines) is 1. The average molecular weight is 354 g/mol. The van der Waals surface area contributed by atoms with E-state index in [1.165, 1.54) is 10.6 Å². The molecule has 0 bridgehead atoms. The SMILES string of the molecule is Cc1cc(C)n(CC(=O)N2CCCC[C@H]2c2cc(=O)n3[nH]ccc3n2)n1. The summed E-state index contributed by atoms with van der Waals surface area (Å²) in [5, 5.41) is 7.23. The molecule has 0 saturated carbocycles. The smallest absolute Gasteiger partial charge is 0.272 e. The van der Waals surface area contributed by atoms with Crippen LogP contribution in [0, 0.1) is 13.8 Å². The Morgan fingerprint density at radius 3 is 2.92 bits per heavy atom. The van der Waals surface area contributed by atoms with Crippen LogP contribution in [0.15, 0.2) is 29.2 Å². The van der Waals surface area contributed by atoms with Crippen molar-refractivity contribution in [2.45, 2.75) is 45.7 Å². The predicted molar refractivity (Wildman–Crippen MR) is 95.8 cm³/mol. The highest BCUT2D eigenvalue weighted by Crippen LogP contribution is 2.29. The van der Waals surface area contributed by atoms with E-state index in [1.54, 1.807) is 16.9 Å². The van der Waals surface area contributed by atoms with Crippen LogP contribution >= 0.6 is 0 Å². The lowest BCUT2D eigenvalue weighted by Crippen LogP contribution is -2.41. The molecular formula is C18H22N6O2. The Labute approximate surface area is 150 Å². The van der Waals surface area contributed by atoms with Gasteiger partial charge in [-0.3, -0.25) is 19.4 Å². The highest BCUT2D eigenvalue weighted by atomic mass is 16.2. The van der Waals surface area contributed by atoms with Gasteiger partial charge >= 0.3 is 0 Å². The third-order valence-corrected chi connectivity index (χ3v) is 4.95. The molecule has 4 rings (SSSR count). The van der Waals surface area contributed by atoms with Gasteiger partial charge in [-0.05, 0) is 39.2 Å². The molecule has 1 saturated heterocycles. The number of aromatic amines is 1. The van der Waals surface area contributed by atoms with Crippen LogP contribution in [-0.2, 0) is 11.3 Å². The van der Waals surface area contributed by atoms with E-state index in [4.69, 9.17) is 0 Å². The van der Waals surface area contributed by atoms with Crippen molar-refractivity contribution >= 4 is 11.6 Å². The summed E-state index contributed by atoms with van der Waals surface area (Å²) < 4.78 is 3.13. The van der Waals surface area contributed by atoms with E-state index in [-0.39, 0.29) is 24.1 Å². The number of carbonyl (C=O) groups excluding carboxylic acids is 1. The first-order valence-electron chi connectivity index (χ1n) is 8.90. The summed E-state index contributed by atoms with van der Waals surface area (Å²) in [5.41, 5.74) is 2.94. The monoisotopic (exact) mass is 354 g/mol. The van der Waals surface area contributed by atoms with E-state index >= 15 is 0 Å². The molecule has 26 heavy (non-hydrogen) atoms. The normalized spacial score (nSPS) is 17.8. The number of fused-ring (bicyclic) bond motifs is 1. The van der Waals surface area contributed by atoms with Crippen LogP contribution in [0.1, 0.15) is 42.4 Å². The van der Waals surface area contributed by atoms with Gasteiger partial charge in [0.15, 0.2) is 5.65 Å². The lowest BCUT2D eigenvalue weighted by atomic mass is 9.99. The van der Waals surface area contributed by atoms with Crippen LogP contribution in [0.4, 0.5) is 0 Å². The lowest BCUT2D eigenvalue weighted by molar-refractivity contribution is -0.136. The number of H-pyrrole nitrogens is 1. The topological polar surface area (TPSA) is 88.3 Å². The summed E-state index contributed by atoms with van der Waals surface area (Å²) in [5.74, 6) is 0.0111. The molecular weight excluding hydrogens is 332 g/mol. The predicted octanol–water partition coefficient (Wildman–Crippen LogP) is 1.59. The van der Waals surface area contributed by atoms with Crippen LogP contribution < -0.4 is 5.56 Å². The molecule has 1 atom stereocenters. The molecule has 1 fully saturated rings.